The summed E-state index contributed by atoms with van der Waals surface area (Å²) in [4.78, 5) is 45.7. The maximum Gasteiger partial charge on any atom is 0.528 e. The maximum absolute atomic E-state index is 13.2. The summed E-state index contributed by atoms with van der Waals surface area (Å²) in [5, 5.41) is 11.3. The molecule has 1 aromatic heterocycles. The van der Waals surface area contributed by atoms with Crippen LogP contribution >= 0.6 is 15.9 Å². The second-order valence-electron chi connectivity index (χ2n) is 9.39. The minimum absolute atomic E-state index is 0.0591. The van der Waals surface area contributed by atoms with Crippen molar-refractivity contribution in [3.63, 3.8) is 0 Å². The number of carbonyl (C=O) groups is 3. The number of hydrogen-bond donors (Lipinski definition) is 1. The van der Waals surface area contributed by atoms with Gasteiger partial charge in [-0.1, -0.05) is 0 Å². The standard InChI is InChI=1S/C23H28BrN3O7/c1-23(2,3)33-22(31)34-27-8-4-5-16(27)20(28)26-11-9-25(10-12-26)15-6-7-17-14(19(15)24)13-18(32-17)21(29)30/h6-7,13,16H,4-5,8-12H2,1-3H3,(H,29,30). The molecule has 3 heterocycles. The molecule has 34 heavy (non-hydrogen) atoms. The predicted molar refractivity (Wildman–Crippen MR) is 127 cm³/mol. The molecule has 4 rings (SSSR count). The van der Waals surface area contributed by atoms with Gasteiger partial charge in [-0.2, -0.15) is 0 Å². The van der Waals surface area contributed by atoms with Crippen molar-refractivity contribution in [2.24, 2.45) is 0 Å². The van der Waals surface area contributed by atoms with Crippen molar-refractivity contribution in [1.82, 2.24) is 9.96 Å². The summed E-state index contributed by atoms with van der Waals surface area (Å²) >= 11 is 3.59. The molecule has 2 fully saturated rings. The molecular formula is C23H28BrN3O7. The van der Waals surface area contributed by atoms with E-state index in [1.165, 1.54) is 11.1 Å². The number of rotatable bonds is 4. The van der Waals surface area contributed by atoms with E-state index < -0.39 is 23.8 Å². The van der Waals surface area contributed by atoms with Gasteiger partial charge in [-0.3, -0.25) is 4.79 Å². The fourth-order valence-electron chi connectivity index (χ4n) is 4.25. The Balaban J connectivity index is 1.38. The molecule has 1 amide bonds. The predicted octanol–water partition coefficient (Wildman–Crippen LogP) is 3.87. The summed E-state index contributed by atoms with van der Waals surface area (Å²) in [6, 6.07) is 4.63. The Hall–Kier alpha value is -2.79. The number of furan rings is 1. The molecule has 1 N–H and O–H groups in total. The largest absolute Gasteiger partial charge is 0.528 e. The minimum atomic E-state index is -1.12. The van der Waals surface area contributed by atoms with E-state index in [4.69, 9.17) is 14.0 Å². The smallest absolute Gasteiger partial charge is 0.475 e. The lowest BCUT2D eigenvalue weighted by Crippen LogP contribution is -2.54. The second-order valence-corrected chi connectivity index (χ2v) is 10.2. The molecule has 0 bridgehead atoms. The number of hydroxylamine groups is 2. The van der Waals surface area contributed by atoms with Crippen LogP contribution in [0.3, 0.4) is 0 Å². The van der Waals surface area contributed by atoms with Crippen LogP contribution in [0.5, 0.6) is 0 Å². The molecular weight excluding hydrogens is 510 g/mol. The number of nitrogens with zero attached hydrogens (tertiary/aromatic N) is 3. The highest BCUT2D eigenvalue weighted by molar-refractivity contribution is 9.10. The monoisotopic (exact) mass is 537 g/mol. The van der Waals surface area contributed by atoms with E-state index in [1.807, 2.05) is 6.07 Å². The van der Waals surface area contributed by atoms with Crippen LogP contribution in [0.15, 0.2) is 27.1 Å². The summed E-state index contributed by atoms with van der Waals surface area (Å²) in [5.41, 5.74) is 0.733. The summed E-state index contributed by atoms with van der Waals surface area (Å²) in [5.74, 6) is -1.29. The molecule has 1 atom stereocenters. The average molecular weight is 538 g/mol. The summed E-state index contributed by atoms with van der Waals surface area (Å²) in [6.07, 6.45) is 0.577. The van der Waals surface area contributed by atoms with Gasteiger partial charge in [0.1, 0.15) is 17.2 Å². The average Bonchev–Trinajstić information content (AvgIpc) is 3.40. The first-order chi connectivity index (χ1) is 16.0. The number of fused-ring (bicyclic) bond motifs is 1. The highest BCUT2D eigenvalue weighted by atomic mass is 79.9. The Morgan fingerprint density at radius 1 is 1.12 bits per heavy atom. The van der Waals surface area contributed by atoms with Crippen LogP contribution in [-0.2, 0) is 14.4 Å². The lowest BCUT2D eigenvalue weighted by molar-refractivity contribution is -0.169. The molecule has 2 aliphatic rings. The second kappa shape index (κ2) is 9.46. The molecule has 184 valence electrons. The number of hydrogen-bond acceptors (Lipinski definition) is 8. The Labute approximate surface area is 205 Å². The molecule has 2 aliphatic heterocycles. The Bertz CT molecular complexity index is 1100. The highest BCUT2D eigenvalue weighted by Crippen LogP contribution is 2.36. The van der Waals surface area contributed by atoms with E-state index >= 15 is 0 Å². The van der Waals surface area contributed by atoms with E-state index in [2.05, 4.69) is 20.8 Å². The molecule has 0 saturated carbocycles. The maximum atomic E-state index is 13.2. The van der Waals surface area contributed by atoms with E-state index in [9.17, 15) is 19.5 Å². The van der Waals surface area contributed by atoms with E-state index in [0.717, 1.165) is 16.6 Å². The van der Waals surface area contributed by atoms with Crippen LogP contribution in [0.1, 0.15) is 44.2 Å². The number of halogens is 1. The lowest BCUT2D eigenvalue weighted by Gasteiger charge is -2.38. The zero-order valence-electron chi connectivity index (χ0n) is 19.4. The lowest BCUT2D eigenvalue weighted by atomic mass is 10.1. The first-order valence-electron chi connectivity index (χ1n) is 11.2. The molecule has 0 radical (unpaired) electrons. The summed E-state index contributed by atoms with van der Waals surface area (Å²) in [7, 11) is 0. The molecule has 2 saturated heterocycles. The fourth-order valence-corrected chi connectivity index (χ4v) is 4.95. The number of aromatic carboxylic acids is 1. The van der Waals surface area contributed by atoms with E-state index in [-0.39, 0.29) is 11.7 Å². The number of carbonyl (C=O) groups excluding carboxylic acids is 2. The van der Waals surface area contributed by atoms with Crippen molar-refractivity contribution in [1.29, 1.82) is 0 Å². The third-order valence-corrected chi connectivity index (χ3v) is 6.66. The van der Waals surface area contributed by atoms with Crippen LogP contribution < -0.4 is 4.90 Å². The van der Waals surface area contributed by atoms with Crippen LogP contribution in [0.25, 0.3) is 11.0 Å². The zero-order chi connectivity index (χ0) is 24.6. The van der Waals surface area contributed by atoms with Crippen LogP contribution in [-0.4, -0.2) is 77.5 Å². The van der Waals surface area contributed by atoms with Crippen molar-refractivity contribution in [2.45, 2.75) is 45.3 Å². The van der Waals surface area contributed by atoms with Gasteiger partial charge in [0.25, 0.3) is 0 Å². The van der Waals surface area contributed by atoms with Gasteiger partial charge >= 0.3 is 12.1 Å². The van der Waals surface area contributed by atoms with Crippen LogP contribution in [0.2, 0.25) is 0 Å². The number of piperazine rings is 1. The Morgan fingerprint density at radius 2 is 1.82 bits per heavy atom. The van der Waals surface area contributed by atoms with Gasteiger partial charge in [0.2, 0.25) is 11.7 Å². The number of amides is 1. The minimum Gasteiger partial charge on any atom is -0.475 e. The quantitative estimate of drug-likeness (QED) is 0.580. The van der Waals surface area contributed by atoms with Gasteiger partial charge < -0.3 is 28.9 Å². The van der Waals surface area contributed by atoms with Crippen LogP contribution in [0, 0.1) is 0 Å². The van der Waals surface area contributed by atoms with Crippen LogP contribution in [0.4, 0.5) is 10.5 Å². The van der Waals surface area contributed by atoms with Gasteiger partial charge in [-0.25, -0.2) is 9.59 Å². The van der Waals surface area contributed by atoms with E-state index in [1.54, 1.807) is 31.7 Å². The molecule has 0 aliphatic carbocycles. The molecule has 10 nitrogen and oxygen atoms in total. The van der Waals surface area contributed by atoms with Crippen molar-refractivity contribution in [3.8, 4) is 0 Å². The normalized spacial score (nSPS) is 19.5. The van der Waals surface area contributed by atoms with Gasteiger partial charge in [0.05, 0.1) is 10.2 Å². The first-order valence-corrected chi connectivity index (χ1v) is 12.0. The number of benzene rings is 1. The first kappa shape index (κ1) is 24.3. The number of ether oxygens (including phenoxy) is 1. The third-order valence-electron chi connectivity index (χ3n) is 5.83. The van der Waals surface area contributed by atoms with Crippen molar-refractivity contribution < 1.29 is 33.5 Å². The van der Waals surface area contributed by atoms with Crippen molar-refractivity contribution >= 4 is 50.6 Å². The van der Waals surface area contributed by atoms with Gasteiger partial charge in [0.15, 0.2) is 0 Å². The van der Waals surface area contributed by atoms with Crippen molar-refractivity contribution in [3.05, 3.63) is 28.4 Å². The van der Waals surface area contributed by atoms with Crippen molar-refractivity contribution in [2.75, 3.05) is 37.6 Å². The number of anilines is 1. The van der Waals surface area contributed by atoms with Gasteiger partial charge in [-0.05, 0) is 61.7 Å². The Kier molecular flexibility index (Phi) is 6.77. The SMILES string of the molecule is CC(C)(C)OC(=O)ON1CCCC1C(=O)N1CCN(c2ccc3oc(C(=O)O)cc3c2Br)CC1. The molecule has 1 aromatic carbocycles. The topological polar surface area (TPSA) is 113 Å². The molecule has 0 spiro atoms. The zero-order valence-corrected chi connectivity index (χ0v) is 21.0. The number of carboxylic acids is 1. The number of carboxylic acid groups (broad SMARTS) is 1. The van der Waals surface area contributed by atoms with Gasteiger partial charge in [0, 0.05) is 44.2 Å². The van der Waals surface area contributed by atoms with Gasteiger partial charge in [-0.15, -0.1) is 5.06 Å². The molecule has 2 aromatic rings. The Morgan fingerprint density at radius 3 is 2.47 bits per heavy atom. The fraction of sp³-hybridized carbons (Fsp3) is 0.522. The summed E-state index contributed by atoms with van der Waals surface area (Å²) in [6.45, 7) is 8.03. The summed E-state index contributed by atoms with van der Waals surface area (Å²) < 4.78 is 11.3. The molecule has 11 heteroatoms. The molecule has 1 unspecified atom stereocenters. The third kappa shape index (κ3) is 5.15. The van der Waals surface area contributed by atoms with E-state index in [0.29, 0.717) is 50.1 Å². The highest BCUT2D eigenvalue weighted by Gasteiger charge is 2.38.